The lowest BCUT2D eigenvalue weighted by atomic mass is 9.79. The zero-order valence-electron chi connectivity index (χ0n) is 17.7. The van der Waals surface area contributed by atoms with E-state index >= 15 is 0 Å². The van der Waals surface area contributed by atoms with Crippen LogP contribution in [-0.4, -0.2) is 23.0 Å². The Morgan fingerprint density at radius 1 is 1.15 bits per heavy atom. The average molecular weight is 507 g/mol. The molecule has 1 aromatic heterocycles. The quantitative estimate of drug-likeness (QED) is 0.380. The summed E-state index contributed by atoms with van der Waals surface area (Å²) in [6, 6.07) is 11.2. The molecule has 1 amide bonds. The van der Waals surface area contributed by atoms with Crippen molar-refractivity contribution in [3.05, 3.63) is 69.3 Å². The molecule has 172 valence electrons. The van der Waals surface area contributed by atoms with Gasteiger partial charge in [0.15, 0.2) is 11.2 Å². The predicted octanol–water partition coefficient (Wildman–Crippen LogP) is 6.64. The molecule has 0 aliphatic heterocycles. The van der Waals surface area contributed by atoms with Gasteiger partial charge in [-0.25, -0.2) is 9.37 Å². The molecule has 0 unspecified atom stereocenters. The first-order chi connectivity index (χ1) is 15.8. The molecule has 1 aliphatic rings. The number of rotatable bonds is 6. The molecule has 33 heavy (non-hydrogen) atoms. The summed E-state index contributed by atoms with van der Waals surface area (Å²) < 4.78 is 19.4. The van der Waals surface area contributed by atoms with Crippen molar-refractivity contribution in [1.29, 1.82) is 0 Å². The minimum absolute atomic E-state index is 0.365. The van der Waals surface area contributed by atoms with Crippen LogP contribution in [0.1, 0.15) is 38.2 Å². The van der Waals surface area contributed by atoms with Crippen molar-refractivity contribution in [2.75, 3.05) is 5.32 Å². The maximum atomic E-state index is 13.8. The molecule has 1 N–H and O–H groups in total. The van der Waals surface area contributed by atoms with E-state index in [1.54, 1.807) is 35.7 Å². The minimum atomic E-state index is -1.04. The van der Waals surface area contributed by atoms with E-state index in [0.29, 0.717) is 39.3 Å². The highest BCUT2D eigenvalue weighted by Crippen LogP contribution is 2.42. The summed E-state index contributed by atoms with van der Waals surface area (Å²) in [4.78, 5) is 30.2. The van der Waals surface area contributed by atoms with Crippen LogP contribution in [0.3, 0.4) is 0 Å². The molecule has 0 spiro atoms. The molecule has 0 saturated heterocycles. The van der Waals surface area contributed by atoms with Crippen LogP contribution in [0.2, 0.25) is 10.0 Å². The van der Waals surface area contributed by atoms with Crippen LogP contribution in [0.25, 0.3) is 11.3 Å². The number of benzene rings is 2. The molecule has 2 aromatic carbocycles. The van der Waals surface area contributed by atoms with Gasteiger partial charge < -0.3 is 4.74 Å². The largest absolute Gasteiger partial charge is 0.452 e. The van der Waals surface area contributed by atoms with Gasteiger partial charge in [0.1, 0.15) is 5.82 Å². The van der Waals surface area contributed by atoms with E-state index in [2.05, 4.69) is 10.3 Å². The molecule has 1 aliphatic carbocycles. The SMILES string of the molecule is C[C@@H](OC(=O)C1(c2cccc(F)c2)CCCC1)C(=O)Nc1nc(-c2ccc(Cl)c(Cl)c2)cs1. The summed E-state index contributed by atoms with van der Waals surface area (Å²) in [6.07, 6.45) is 1.75. The van der Waals surface area contributed by atoms with Crippen molar-refractivity contribution in [1.82, 2.24) is 4.98 Å². The van der Waals surface area contributed by atoms with Gasteiger partial charge in [0.05, 0.1) is 21.2 Å². The molecule has 1 atom stereocenters. The molecule has 3 aromatic rings. The number of hydrogen-bond acceptors (Lipinski definition) is 5. The summed E-state index contributed by atoms with van der Waals surface area (Å²) in [6.45, 7) is 1.51. The maximum Gasteiger partial charge on any atom is 0.317 e. The highest BCUT2D eigenvalue weighted by Gasteiger charge is 2.45. The Bertz CT molecular complexity index is 1190. The molecule has 0 radical (unpaired) electrons. The Labute approximate surface area is 204 Å². The number of anilines is 1. The van der Waals surface area contributed by atoms with Gasteiger partial charge in [-0.3, -0.25) is 14.9 Å². The first kappa shape index (κ1) is 23.7. The van der Waals surface area contributed by atoms with Crippen LogP contribution in [0.5, 0.6) is 0 Å². The Hall–Kier alpha value is -2.48. The van der Waals surface area contributed by atoms with Crippen molar-refractivity contribution in [3.8, 4) is 11.3 Å². The van der Waals surface area contributed by atoms with Crippen LogP contribution < -0.4 is 5.32 Å². The minimum Gasteiger partial charge on any atom is -0.452 e. The summed E-state index contributed by atoms with van der Waals surface area (Å²) >= 11 is 13.3. The second-order valence-electron chi connectivity index (χ2n) is 8.00. The molecule has 9 heteroatoms. The third-order valence-corrected chi connectivity index (χ3v) is 7.32. The zero-order chi connectivity index (χ0) is 23.6. The summed E-state index contributed by atoms with van der Waals surface area (Å²) in [5.41, 5.74) is 1.05. The van der Waals surface area contributed by atoms with Crippen molar-refractivity contribution in [3.63, 3.8) is 0 Å². The normalized spacial score (nSPS) is 15.8. The fourth-order valence-electron chi connectivity index (χ4n) is 4.03. The van der Waals surface area contributed by atoms with Gasteiger partial charge >= 0.3 is 5.97 Å². The van der Waals surface area contributed by atoms with Crippen molar-refractivity contribution in [2.24, 2.45) is 0 Å². The van der Waals surface area contributed by atoms with Crippen LogP contribution >= 0.6 is 34.5 Å². The van der Waals surface area contributed by atoms with E-state index in [9.17, 15) is 14.0 Å². The van der Waals surface area contributed by atoms with E-state index in [-0.39, 0.29) is 0 Å². The molecule has 1 saturated carbocycles. The first-order valence-corrected chi connectivity index (χ1v) is 12.1. The number of nitrogens with one attached hydrogen (secondary N) is 1. The van der Waals surface area contributed by atoms with Crippen LogP contribution in [0.4, 0.5) is 9.52 Å². The number of carbonyl (C=O) groups excluding carboxylic acids is 2. The fraction of sp³-hybridized carbons (Fsp3) is 0.292. The number of thiazole rings is 1. The van der Waals surface area contributed by atoms with Gasteiger partial charge in [-0.15, -0.1) is 11.3 Å². The topological polar surface area (TPSA) is 68.3 Å². The van der Waals surface area contributed by atoms with Crippen LogP contribution in [0.15, 0.2) is 47.8 Å². The van der Waals surface area contributed by atoms with E-state index < -0.39 is 29.2 Å². The van der Waals surface area contributed by atoms with E-state index in [1.165, 1.54) is 30.4 Å². The Balaban J connectivity index is 1.44. The highest BCUT2D eigenvalue weighted by atomic mass is 35.5. The molecule has 1 fully saturated rings. The molecule has 5 nitrogen and oxygen atoms in total. The lowest BCUT2D eigenvalue weighted by Gasteiger charge is -2.28. The third-order valence-electron chi connectivity index (χ3n) is 5.83. The lowest BCUT2D eigenvalue weighted by Crippen LogP contribution is -2.40. The third kappa shape index (κ3) is 5.05. The maximum absolute atomic E-state index is 13.8. The van der Waals surface area contributed by atoms with E-state index in [1.807, 2.05) is 0 Å². The standard InChI is InChI=1S/C24H21Cl2FN2O3S/c1-14(32-22(31)24(9-2-3-10-24)16-5-4-6-17(27)12-16)21(30)29-23-28-20(13-33-23)15-7-8-18(25)19(26)11-15/h4-8,11-14H,2-3,9-10H2,1H3,(H,28,29,30)/t14-/m1/s1. The van der Waals surface area contributed by atoms with Gasteiger partial charge in [-0.2, -0.15) is 0 Å². The molecule has 1 heterocycles. The second kappa shape index (κ2) is 9.79. The van der Waals surface area contributed by atoms with Gasteiger partial charge in [0.2, 0.25) is 0 Å². The number of halogens is 3. The number of ether oxygens (including phenoxy) is 1. The number of nitrogens with zero attached hydrogens (tertiary/aromatic N) is 1. The zero-order valence-corrected chi connectivity index (χ0v) is 20.1. The fourth-order valence-corrected chi connectivity index (χ4v) is 5.05. The second-order valence-corrected chi connectivity index (χ2v) is 9.68. The highest BCUT2D eigenvalue weighted by molar-refractivity contribution is 7.14. The predicted molar refractivity (Wildman–Crippen MR) is 128 cm³/mol. The molecule has 4 rings (SSSR count). The van der Waals surface area contributed by atoms with E-state index in [0.717, 1.165) is 18.4 Å². The molecule has 0 bridgehead atoms. The Morgan fingerprint density at radius 2 is 1.91 bits per heavy atom. The molecular formula is C24H21Cl2FN2O3S. The molecular weight excluding hydrogens is 486 g/mol. The summed E-state index contributed by atoms with van der Waals surface area (Å²) in [5.74, 6) is -1.41. The van der Waals surface area contributed by atoms with Crippen molar-refractivity contribution < 1.29 is 18.7 Å². The smallest absolute Gasteiger partial charge is 0.317 e. The van der Waals surface area contributed by atoms with Crippen molar-refractivity contribution in [2.45, 2.75) is 44.1 Å². The first-order valence-electron chi connectivity index (χ1n) is 10.5. The summed E-state index contributed by atoms with van der Waals surface area (Å²) in [7, 11) is 0. The van der Waals surface area contributed by atoms with Gasteiger partial charge in [0.25, 0.3) is 5.91 Å². The number of aromatic nitrogens is 1. The number of carbonyl (C=O) groups is 2. The number of amides is 1. The number of esters is 1. The number of hydrogen-bond donors (Lipinski definition) is 1. The van der Waals surface area contributed by atoms with Gasteiger partial charge in [-0.1, -0.05) is 54.2 Å². The van der Waals surface area contributed by atoms with Gasteiger partial charge in [-0.05, 0) is 49.6 Å². The van der Waals surface area contributed by atoms with Crippen LogP contribution in [0, 0.1) is 5.82 Å². The van der Waals surface area contributed by atoms with Gasteiger partial charge in [0, 0.05) is 10.9 Å². The Morgan fingerprint density at radius 3 is 2.61 bits per heavy atom. The van der Waals surface area contributed by atoms with Crippen LogP contribution in [-0.2, 0) is 19.7 Å². The summed E-state index contributed by atoms with van der Waals surface area (Å²) in [5, 5.41) is 5.69. The monoisotopic (exact) mass is 506 g/mol. The van der Waals surface area contributed by atoms with E-state index in [4.69, 9.17) is 27.9 Å². The lowest BCUT2D eigenvalue weighted by molar-refractivity contribution is -0.159. The average Bonchev–Trinajstić information content (AvgIpc) is 3.46. The Kier molecular flexibility index (Phi) is 7.02. The van der Waals surface area contributed by atoms with Crippen molar-refractivity contribution >= 4 is 51.5 Å².